The van der Waals surface area contributed by atoms with Gasteiger partial charge in [0.1, 0.15) is 0 Å². The molecule has 0 spiro atoms. The first-order valence-electron chi connectivity index (χ1n) is 7.47. The van der Waals surface area contributed by atoms with Gasteiger partial charge in [0, 0.05) is 38.6 Å². The summed E-state index contributed by atoms with van der Waals surface area (Å²) < 4.78 is 12.5. The van der Waals surface area contributed by atoms with Crippen LogP contribution in [0.25, 0.3) is 0 Å². The van der Waals surface area contributed by atoms with Gasteiger partial charge < -0.3 is 14.8 Å². The molecule has 1 unspecified atom stereocenters. The first kappa shape index (κ1) is 17.1. The summed E-state index contributed by atoms with van der Waals surface area (Å²) in [5.74, 6) is 0. The van der Waals surface area contributed by atoms with Crippen LogP contribution in [-0.4, -0.2) is 43.3 Å². The molecule has 0 aliphatic heterocycles. The molecular weight excluding hydrogens is 254 g/mol. The molecule has 0 amide bonds. The Balaban J connectivity index is 2.84. The van der Waals surface area contributed by atoms with Gasteiger partial charge in [0.2, 0.25) is 0 Å². The highest BCUT2D eigenvalue weighted by atomic mass is 16.5. The highest BCUT2D eigenvalue weighted by molar-refractivity contribution is 5.26. The van der Waals surface area contributed by atoms with Gasteiger partial charge in [0.25, 0.3) is 0 Å². The van der Waals surface area contributed by atoms with Crippen LogP contribution < -0.4 is 5.32 Å². The van der Waals surface area contributed by atoms with Gasteiger partial charge in [-0.15, -0.1) is 0 Å². The zero-order valence-corrected chi connectivity index (χ0v) is 13.5. The number of aromatic nitrogens is 2. The quantitative estimate of drug-likeness (QED) is 0.665. The normalized spacial score (nSPS) is 12.8. The third-order valence-electron chi connectivity index (χ3n) is 3.54. The zero-order chi connectivity index (χ0) is 15.0. The Kier molecular flexibility index (Phi) is 7.80. The maximum Gasteiger partial charge on any atom is 0.0739 e. The lowest BCUT2D eigenvalue weighted by Gasteiger charge is -2.12. The van der Waals surface area contributed by atoms with Crippen molar-refractivity contribution < 1.29 is 9.47 Å². The number of hydrogen-bond donors (Lipinski definition) is 1. The van der Waals surface area contributed by atoms with Crippen LogP contribution in [0, 0.1) is 0 Å². The average molecular weight is 283 g/mol. The minimum Gasteiger partial charge on any atom is -0.383 e. The second kappa shape index (κ2) is 9.10. The predicted octanol–water partition coefficient (Wildman–Crippen LogP) is 1.78. The van der Waals surface area contributed by atoms with Crippen LogP contribution in [0.5, 0.6) is 0 Å². The van der Waals surface area contributed by atoms with Crippen molar-refractivity contribution in [2.24, 2.45) is 0 Å². The molecule has 0 saturated carbocycles. The maximum atomic E-state index is 5.36. The molecule has 0 aliphatic carbocycles. The van der Waals surface area contributed by atoms with E-state index in [1.807, 2.05) is 0 Å². The molecule has 0 radical (unpaired) electrons. The monoisotopic (exact) mass is 283 g/mol. The molecule has 20 heavy (non-hydrogen) atoms. The van der Waals surface area contributed by atoms with Crippen molar-refractivity contribution in [3.05, 3.63) is 17.0 Å². The highest BCUT2D eigenvalue weighted by Gasteiger charge is 2.16. The third kappa shape index (κ3) is 4.58. The summed E-state index contributed by atoms with van der Waals surface area (Å²) in [4.78, 5) is 0. The van der Waals surface area contributed by atoms with Crippen molar-refractivity contribution in [1.29, 1.82) is 0 Å². The average Bonchev–Trinajstić information content (AvgIpc) is 2.80. The molecule has 1 aromatic rings. The summed E-state index contributed by atoms with van der Waals surface area (Å²) in [6, 6.07) is 0. The highest BCUT2D eigenvalue weighted by Crippen LogP contribution is 2.17. The molecule has 0 aromatic carbocycles. The van der Waals surface area contributed by atoms with Crippen molar-refractivity contribution in [2.45, 2.75) is 52.8 Å². The van der Waals surface area contributed by atoms with Gasteiger partial charge in [-0.2, -0.15) is 5.10 Å². The number of rotatable bonds is 10. The van der Waals surface area contributed by atoms with Gasteiger partial charge in [-0.3, -0.25) is 4.68 Å². The van der Waals surface area contributed by atoms with Crippen molar-refractivity contribution in [3.8, 4) is 0 Å². The van der Waals surface area contributed by atoms with E-state index in [-0.39, 0.29) is 6.10 Å². The Morgan fingerprint density at radius 3 is 2.55 bits per heavy atom. The van der Waals surface area contributed by atoms with Crippen LogP contribution >= 0.6 is 0 Å². The molecule has 5 heteroatoms. The van der Waals surface area contributed by atoms with Gasteiger partial charge >= 0.3 is 0 Å². The van der Waals surface area contributed by atoms with Crippen LogP contribution in [0.15, 0.2) is 0 Å². The molecular formula is C15H29N3O2. The minimum atomic E-state index is 0.180. The van der Waals surface area contributed by atoms with E-state index in [0.717, 1.165) is 39.1 Å². The van der Waals surface area contributed by atoms with Crippen molar-refractivity contribution in [1.82, 2.24) is 15.1 Å². The molecule has 0 saturated heterocycles. The van der Waals surface area contributed by atoms with E-state index in [1.54, 1.807) is 14.2 Å². The molecule has 0 bridgehead atoms. The fraction of sp³-hybridized carbons (Fsp3) is 0.800. The Morgan fingerprint density at radius 2 is 2.00 bits per heavy atom. The minimum absolute atomic E-state index is 0.180. The van der Waals surface area contributed by atoms with Crippen LogP contribution in [0.1, 0.15) is 37.7 Å². The predicted molar refractivity (Wildman–Crippen MR) is 81.0 cm³/mol. The first-order valence-corrected chi connectivity index (χ1v) is 7.47. The largest absolute Gasteiger partial charge is 0.383 e. The molecule has 116 valence electrons. The van der Waals surface area contributed by atoms with E-state index >= 15 is 0 Å². The van der Waals surface area contributed by atoms with Gasteiger partial charge in [0.05, 0.1) is 24.9 Å². The summed E-state index contributed by atoms with van der Waals surface area (Å²) in [5.41, 5.74) is 3.85. The SMILES string of the molecule is CCc1nn(CC(C)OC)c(CC)c1CNCCOC. The van der Waals surface area contributed by atoms with Gasteiger partial charge in [0.15, 0.2) is 0 Å². The van der Waals surface area contributed by atoms with E-state index in [4.69, 9.17) is 14.6 Å². The number of methoxy groups -OCH3 is 2. The van der Waals surface area contributed by atoms with Gasteiger partial charge in [-0.25, -0.2) is 0 Å². The summed E-state index contributed by atoms with van der Waals surface area (Å²) >= 11 is 0. The molecule has 1 aromatic heterocycles. The van der Waals surface area contributed by atoms with E-state index in [9.17, 15) is 0 Å². The Bertz CT molecular complexity index is 391. The summed E-state index contributed by atoms with van der Waals surface area (Å²) in [6.07, 6.45) is 2.13. The Morgan fingerprint density at radius 1 is 1.25 bits per heavy atom. The topological polar surface area (TPSA) is 48.3 Å². The van der Waals surface area contributed by atoms with Crippen LogP contribution in [0.2, 0.25) is 0 Å². The van der Waals surface area contributed by atoms with Crippen LogP contribution in [0.4, 0.5) is 0 Å². The third-order valence-corrected chi connectivity index (χ3v) is 3.54. The summed E-state index contributed by atoms with van der Waals surface area (Å²) in [7, 11) is 3.47. The van der Waals surface area contributed by atoms with Crippen molar-refractivity contribution >= 4 is 0 Å². The molecule has 1 N–H and O–H groups in total. The number of aryl methyl sites for hydroxylation is 1. The lowest BCUT2D eigenvalue weighted by atomic mass is 10.1. The molecule has 1 atom stereocenters. The van der Waals surface area contributed by atoms with E-state index in [0.29, 0.717) is 0 Å². The standard InChI is InChI=1S/C15H29N3O2/c1-6-14-13(10-16-8-9-19-4)15(7-2)18(17-14)11-12(3)20-5/h12,16H,6-11H2,1-5H3. The molecule has 0 fully saturated rings. The summed E-state index contributed by atoms with van der Waals surface area (Å²) in [6.45, 7) is 9.68. The number of ether oxygens (including phenoxy) is 2. The fourth-order valence-corrected chi connectivity index (χ4v) is 2.33. The van der Waals surface area contributed by atoms with E-state index in [2.05, 4.69) is 30.8 Å². The lowest BCUT2D eigenvalue weighted by Crippen LogP contribution is -2.21. The van der Waals surface area contributed by atoms with E-state index < -0.39 is 0 Å². The van der Waals surface area contributed by atoms with E-state index in [1.165, 1.54) is 17.0 Å². The zero-order valence-electron chi connectivity index (χ0n) is 13.5. The fourth-order valence-electron chi connectivity index (χ4n) is 2.33. The second-order valence-electron chi connectivity index (χ2n) is 4.98. The van der Waals surface area contributed by atoms with Crippen molar-refractivity contribution in [3.63, 3.8) is 0 Å². The number of nitrogens with zero attached hydrogens (tertiary/aromatic N) is 2. The first-order chi connectivity index (χ1) is 9.67. The number of nitrogens with one attached hydrogen (secondary N) is 1. The molecule has 5 nitrogen and oxygen atoms in total. The molecule has 0 aliphatic rings. The second-order valence-corrected chi connectivity index (χ2v) is 4.98. The lowest BCUT2D eigenvalue weighted by molar-refractivity contribution is 0.0989. The van der Waals surface area contributed by atoms with Crippen molar-refractivity contribution in [2.75, 3.05) is 27.4 Å². The molecule has 1 rings (SSSR count). The Labute approximate surface area is 122 Å². The van der Waals surface area contributed by atoms with Gasteiger partial charge in [-0.1, -0.05) is 13.8 Å². The maximum absolute atomic E-state index is 5.36. The number of hydrogen-bond acceptors (Lipinski definition) is 4. The molecule has 1 heterocycles. The summed E-state index contributed by atoms with van der Waals surface area (Å²) in [5, 5.41) is 8.17. The van der Waals surface area contributed by atoms with Crippen LogP contribution in [-0.2, 0) is 35.4 Å². The smallest absolute Gasteiger partial charge is 0.0739 e. The van der Waals surface area contributed by atoms with Crippen LogP contribution in [0.3, 0.4) is 0 Å². The van der Waals surface area contributed by atoms with Gasteiger partial charge in [-0.05, 0) is 19.8 Å². The Hall–Kier alpha value is -0.910.